The summed E-state index contributed by atoms with van der Waals surface area (Å²) in [5.74, 6) is -0.00283. The normalized spacial score (nSPS) is 10.9. The fourth-order valence-corrected chi connectivity index (χ4v) is 2.77. The van der Waals surface area contributed by atoms with Gasteiger partial charge in [-0.1, -0.05) is 37.6 Å². The van der Waals surface area contributed by atoms with Crippen molar-refractivity contribution in [1.82, 2.24) is 4.98 Å². The fraction of sp³-hybridized carbons (Fsp3) is 0.250. The van der Waals surface area contributed by atoms with Gasteiger partial charge in [-0.2, -0.15) is 0 Å². The fourth-order valence-electron chi connectivity index (χ4n) is 1.76. The Morgan fingerprint density at radius 1 is 1.29 bits per heavy atom. The van der Waals surface area contributed by atoms with E-state index >= 15 is 0 Å². The highest BCUT2D eigenvalue weighted by Crippen LogP contribution is 2.25. The van der Waals surface area contributed by atoms with E-state index in [2.05, 4.69) is 4.98 Å². The van der Waals surface area contributed by atoms with Crippen LogP contribution in [0.15, 0.2) is 41.4 Å². The van der Waals surface area contributed by atoms with Gasteiger partial charge >= 0.3 is 5.97 Å². The molecule has 2 aromatic rings. The van der Waals surface area contributed by atoms with Crippen LogP contribution in [0.2, 0.25) is 5.02 Å². The maximum atomic E-state index is 11.2. The first-order valence-electron chi connectivity index (χ1n) is 6.58. The van der Waals surface area contributed by atoms with Gasteiger partial charge in [-0.15, -0.1) is 11.8 Å². The first-order valence-corrected chi connectivity index (χ1v) is 7.94. The summed E-state index contributed by atoms with van der Waals surface area (Å²) < 4.78 is 0. The molecule has 0 saturated carbocycles. The summed E-state index contributed by atoms with van der Waals surface area (Å²) in [6, 6.07) is 10.9. The van der Waals surface area contributed by atoms with E-state index in [9.17, 15) is 9.90 Å². The zero-order valence-electron chi connectivity index (χ0n) is 11.8. The lowest BCUT2D eigenvalue weighted by atomic mass is 10.1. The molecule has 110 valence electrons. The molecule has 0 saturated heterocycles. The molecule has 0 aliphatic carbocycles. The molecule has 0 bridgehead atoms. The number of hydrogen-bond acceptors (Lipinski definition) is 3. The van der Waals surface area contributed by atoms with E-state index < -0.39 is 5.97 Å². The predicted octanol–water partition coefficient (Wildman–Crippen LogP) is 4.85. The molecule has 2 rings (SSSR count). The van der Waals surface area contributed by atoms with Gasteiger partial charge in [-0.05, 0) is 35.7 Å². The van der Waals surface area contributed by atoms with Crippen molar-refractivity contribution in [1.29, 1.82) is 0 Å². The lowest BCUT2D eigenvalue weighted by Gasteiger charge is -2.09. The van der Waals surface area contributed by atoms with Gasteiger partial charge in [0.1, 0.15) is 0 Å². The van der Waals surface area contributed by atoms with Gasteiger partial charge in [0.15, 0.2) is 0 Å². The first kappa shape index (κ1) is 15.9. The summed E-state index contributed by atoms with van der Waals surface area (Å²) in [6.07, 6.45) is 0. The Hall–Kier alpha value is -1.52. The summed E-state index contributed by atoms with van der Waals surface area (Å²) in [4.78, 5) is 15.7. The number of carboxylic acid groups (broad SMARTS) is 1. The average molecular weight is 322 g/mol. The molecule has 0 atom stereocenters. The zero-order chi connectivity index (χ0) is 15.4. The van der Waals surface area contributed by atoms with Crippen LogP contribution in [0.3, 0.4) is 0 Å². The van der Waals surface area contributed by atoms with Crippen molar-refractivity contribution >= 4 is 29.3 Å². The van der Waals surface area contributed by atoms with Crippen LogP contribution in [0.25, 0.3) is 0 Å². The highest BCUT2D eigenvalue weighted by molar-refractivity contribution is 7.98. The number of hydrogen-bond donors (Lipinski definition) is 1. The van der Waals surface area contributed by atoms with E-state index in [-0.39, 0.29) is 11.5 Å². The quantitative estimate of drug-likeness (QED) is 0.800. The summed E-state index contributed by atoms with van der Waals surface area (Å²) in [5, 5.41) is 10.6. The third-order valence-electron chi connectivity index (χ3n) is 2.96. The number of thioether (sulfide) groups is 1. The SMILES string of the molecule is CC(C)c1cc(C(=O)O)cc(SCc2ccc(Cl)cc2)n1. The zero-order valence-corrected chi connectivity index (χ0v) is 13.4. The van der Waals surface area contributed by atoms with Crippen LogP contribution in [0, 0.1) is 0 Å². The molecule has 1 N–H and O–H groups in total. The molecule has 0 aliphatic heterocycles. The minimum Gasteiger partial charge on any atom is -0.478 e. The molecule has 0 unspecified atom stereocenters. The molecule has 0 radical (unpaired) electrons. The molecule has 1 heterocycles. The van der Waals surface area contributed by atoms with E-state index in [1.165, 1.54) is 11.8 Å². The van der Waals surface area contributed by atoms with Gasteiger partial charge in [0.05, 0.1) is 10.6 Å². The monoisotopic (exact) mass is 321 g/mol. The number of rotatable bonds is 5. The van der Waals surface area contributed by atoms with Gasteiger partial charge in [-0.25, -0.2) is 9.78 Å². The van der Waals surface area contributed by atoms with Gasteiger partial charge in [0.25, 0.3) is 0 Å². The second-order valence-corrected chi connectivity index (χ2v) is 6.43. The Kier molecular flexibility index (Phi) is 5.26. The molecule has 1 aromatic heterocycles. The van der Waals surface area contributed by atoms with E-state index in [0.29, 0.717) is 5.02 Å². The molecule has 5 heteroatoms. The number of aromatic carboxylic acids is 1. The van der Waals surface area contributed by atoms with Crippen LogP contribution in [0.5, 0.6) is 0 Å². The molecule has 21 heavy (non-hydrogen) atoms. The summed E-state index contributed by atoms with van der Waals surface area (Å²) in [7, 11) is 0. The van der Waals surface area contributed by atoms with Gasteiger partial charge in [-0.3, -0.25) is 0 Å². The molecule has 0 spiro atoms. The minimum absolute atomic E-state index is 0.194. The van der Waals surface area contributed by atoms with E-state index in [4.69, 9.17) is 11.6 Å². The molecule has 3 nitrogen and oxygen atoms in total. The molecular weight excluding hydrogens is 306 g/mol. The summed E-state index contributed by atoms with van der Waals surface area (Å²) in [5.41, 5.74) is 2.21. The van der Waals surface area contributed by atoms with Crippen molar-refractivity contribution in [2.24, 2.45) is 0 Å². The van der Waals surface area contributed by atoms with Crippen LogP contribution in [-0.4, -0.2) is 16.1 Å². The Morgan fingerprint density at radius 3 is 2.52 bits per heavy atom. The maximum Gasteiger partial charge on any atom is 0.335 e. The topological polar surface area (TPSA) is 50.2 Å². The van der Waals surface area contributed by atoms with Crippen molar-refractivity contribution in [3.05, 3.63) is 58.2 Å². The third-order valence-corrected chi connectivity index (χ3v) is 4.19. The maximum absolute atomic E-state index is 11.2. The predicted molar refractivity (Wildman–Crippen MR) is 86.3 cm³/mol. The van der Waals surface area contributed by atoms with Crippen LogP contribution >= 0.6 is 23.4 Å². The Balaban J connectivity index is 2.18. The van der Waals surface area contributed by atoms with Gasteiger partial charge < -0.3 is 5.11 Å². The van der Waals surface area contributed by atoms with E-state index in [1.54, 1.807) is 12.1 Å². The number of pyridine rings is 1. The molecule has 1 aromatic carbocycles. The highest BCUT2D eigenvalue weighted by Gasteiger charge is 2.11. The Labute approximate surface area is 133 Å². The minimum atomic E-state index is -0.923. The van der Waals surface area contributed by atoms with Gasteiger partial charge in [0.2, 0.25) is 0 Å². The summed E-state index contributed by atoms with van der Waals surface area (Å²) in [6.45, 7) is 4.00. The standard InChI is InChI=1S/C16H16ClNO2S/c1-10(2)14-7-12(16(19)20)8-15(18-14)21-9-11-3-5-13(17)6-4-11/h3-8,10H,9H2,1-2H3,(H,19,20). The Morgan fingerprint density at radius 2 is 1.95 bits per heavy atom. The van der Waals surface area contributed by atoms with E-state index in [0.717, 1.165) is 22.0 Å². The van der Waals surface area contributed by atoms with Crippen LogP contribution in [-0.2, 0) is 5.75 Å². The number of benzene rings is 1. The smallest absolute Gasteiger partial charge is 0.335 e. The lowest BCUT2D eigenvalue weighted by molar-refractivity contribution is 0.0696. The van der Waals surface area contributed by atoms with Crippen molar-refractivity contribution in [2.75, 3.05) is 0 Å². The van der Waals surface area contributed by atoms with Crippen molar-refractivity contribution < 1.29 is 9.90 Å². The second-order valence-electron chi connectivity index (χ2n) is 4.99. The summed E-state index contributed by atoms with van der Waals surface area (Å²) >= 11 is 7.38. The van der Waals surface area contributed by atoms with Gasteiger partial charge in [0, 0.05) is 16.5 Å². The highest BCUT2D eigenvalue weighted by atomic mass is 35.5. The number of nitrogens with zero attached hydrogens (tertiary/aromatic N) is 1. The first-order chi connectivity index (χ1) is 9.95. The number of halogens is 1. The van der Waals surface area contributed by atoms with Crippen molar-refractivity contribution in [3.63, 3.8) is 0 Å². The van der Waals surface area contributed by atoms with Crippen LogP contribution in [0.1, 0.15) is 41.4 Å². The number of aromatic nitrogens is 1. The number of carboxylic acids is 1. The molecule has 0 fully saturated rings. The average Bonchev–Trinajstić information content (AvgIpc) is 2.46. The second kappa shape index (κ2) is 6.96. The molecule has 0 amide bonds. The van der Waals surface area contributed by atoms with Crippen LogP contribution < -0.4 is 0 Å². The van der Waals surface area contributed by atoms with Crippen LogP contribution in [0.4, 0.5) is 0 Å². The number of carbonyl (C=O) groups is 1. The molecule has 0 aliphatic rings. The van der Waals surface area contributed by atoms with Crippen molar-refractivity contribution in [3.8, 4) is 0 Å². The third kappa shape index (κ3) is 4.48. The Bertz CT molecular complexity index is 641. The van der Waals surface area contributed by atoms with E-state index in [1.807, 2.05) is 38.1 Å². The largest absolute Gasteiger partial charge is 0.478 e. The lowest BCUT2D eigenvalue weighted by Crippen LogP contribution is -2.02. The molecular formula is C16H16ClNO2S. The van der Waals surface area contributed by atoms with Crippen molar-refractivity contribution in [2.45, 2.75) is 30.5 Å².